The molecule has 43 heavy (non-hydrogen) atoms. The van der Waals surface area contributed by atoms with Crippen LogP contribution in [-0.2, 0) is 20.9 Å². The SMILES string of the molecule is C#CC#CC#CC#CC#CC#CC#CC#CC#CC#CC#COc1cc(C)cc(COC(=O)[C@@H]2CCCN2C(=O)CC)c1. The molecule has 0 spiro atoms. The van der Waals surface area contributed by atoms with Crippen LogP contribution in [0.3, 0.4) is 0 Å². The highest BCUT2D eigenvalue weighted by Crippen LogP contribution is 2.21. The number of terminal acetylenes is 1. The van der Waals surface area contributed by atoms with E-state index in [0.717, 1.165) is 17.5 Å². The average molecular weight is 556 g/mol. The van der Waals surface area contributed by atoms with Crippen LogP contribution in [0.1, 0.15) is 37.3 Å². The van der Waals surface area contributed by atoms with E-state index < -0.39 is 12.0 Å². The van der Waals surface area contributed by atoms with Gasteiger partial charge in [-0.2, -0.15) is 0 Å². The van der Waals surface area contributed by atoms with Gasteiger partial charge in [0.05, 0.1) is 0 Å². The predicted octanol–water partition coefficient (Wildman–Crippen LogP) is 2.44. The highest BCUT2D eigenvalue weighted by Gasteiger charge is 2.34. The Bertz CT molecular complexity index is 1940. The van der Waals surface area contributed by atoms with Crippen molar-refractivity contribution < 1.29 is 19.1 Å². The molecule has 0 saturated carbocycles. The number of rotatable bonds is 5. The number of amides is 1. The Morgan fingerprint density at radius 2 is 1.30 bits per heavy atom. The van der Waals surface area contributed by atoms with Crippen LogP contribution >= 0.6 is 0 Å². The standard InChI is InChI=1S/C38H21NO4/c1-4-6-7-8-9-10-11-12-13-14-15-16-17-18-19-20-21-22-23-24-28-42-35-30-33(3)29-34(31-35)32-43-38(41)36-26-25-27-39(36)37(40)5-2/h1,29-31,36H,5,25-27,32H2,2-3H3/t36-/m0/s1. The lowest BCUT2D eigenvalue weighted by atomic mass is 10.1. The molecular weight excluding hydrogens is 534 g/mol. The Hall–Kier alpha value is -6.88. The molecule has 5 nitrogen and oxygen atoms in total. The van der Waals surface area contributed by atoms with Gasteiger partial charge in [-0.1, -0.05) is 13.0 Å². The fraction of sp³-hybridized carbons (Fsp3) is 0.211. The topological polar surface area (TPSA) is 55.8 Å². The molecule has 0 radical (unpaired) electrons. The summed E-state index contributed by atoms with van der Waals surface area (Å²) in [6, 6.07) is 4.88. The van der Waals surface area contributed by atoms with Gasteiger partial charge in [0.2, 0.25) is 5.91 Å². The molecule has 0 bridgehead atoms. The fourth-order valence-electron chi connectivity index (χ4n) is 3.41. The van der Waals surface area contributed by atoms with Crippen LogP contribution in [0.4, 0.5) is 0 Å². The molecule has 1 aromatic rings. The lowest BCUT2D eigenvalue weighted by Gasteiger charge is -2.22. The molecule has 1 aromatic carbocycles. The molecule has 1 amide bonds. The summed E-state index contributed by atoms with van der Waals surface area (Å²) in [5, 5.41) is 0. The summed E-state index contributed by atoms with van der Waals surface area (Å²) in [4.78, 5) is 26.2. The van der Waals surface area contributed by atoms with Crippen molar-refractivity contribution in [3.05, 3.63) is 29.3 Å². The Morgan fingerprint density at radius 3 is 1.81 bits per heavy atom. The first kappa shape index (κ1) is 32.3. The van der Waals surface area contributed by atoms with E-state index in [4.69, 9.17) is 15.9 Å². The van der Waals surface area contributed by atoms with Crippen LogP contribution in [-0.4, -0.2) is 29.4 Å². The normalized spacial score (nSPS) is 10.8. The van der Waals surface area contributed by atoms with Crippen molar-refractivity contribution in [3.63, 3.8) is 0 Å². The number of hydrogen-bond donors (Lipinski definition) is 0. The van der Waals surface area contributed by atoms with Gasteiger partial charge in [0.1, 0.15) is 24.5 Å². The monoisotopic (exact) mass is 555 g/mol. The maximum absolute atomic E-state index is 12.6. The molecule has 0 aliphatic carbocycles. The summed E-state index contributed by atoms with van der Waals surface area (Å²) < 4.78 is 10.9. The van der Waals surface area contributed by atoms with E-state index in [0.29, 0.717) is 25.1 Å². The van der Waals surface area contributed by atoms with E-state index in [1.165, 1.54) is 0 Å². The average Bonchev–Trinajstić information content (AvgIpc) is 3.50. The van der Waals surface area contributed by atoms with Crippen LogP contribution in [0.2, 0.25) is 0 Å². The van der Waals surface area contributed by atoms with Crippen molar-refractivity contribution in [1.29, 1.82) is 0 Å². The summed E-state index contributed by atoms with van der Waals surface area (Å²) in [7, 11) is 0. The summed E-state index contributed by atoms with van der Waals surface area (Å²) >= 11 is 0. The van der Waals surface area contributed by atoms with E-state index in [1.807, 2.05) is 13.0 Å². The van der Waals surface area contributed by atoms with Crippen LogP contribution < -0.4 is 4.74 Å². The number of likely N-dealkylation sites (tertiary alicyclic amines) is 1. The quantitative estimate of drug-likeness (QED) is 0.414. The first-order valence-electron chi connectivity index (χ1n) is 12.7. The van der Waals surface area contributed by atoms with Gasteiger partial charge in [0.25, 0.3) is 0 Å². The van der Waals surface area contributed by atoms with Gasteiger partial charge < -0.3 is 14.4 Å². The van der Waals surface area contributed by atoms with Gasteiger partial charge in [0.15, 0.2) is 0 Å². The highest BCUT2D eigenvalue weighted by atomic mass is 16.5. The Morgan fingerprint density at radius 1 is 0.791 bits per heavy atom. The van der Waals surface area contributed by atoms with Crippen LogP contribution in [0.5, 0.6) is 5.75 Å². The second kappa shape index (κ2) is 20.1. The minimum Gasteiger partial charge on any atom is -0.459 e. The van der Waals surface area contributed by atoms with Gasteiger partial charge >= 0.3 is 5.97 Å². The lowest BCUT2D eigenvalue weighted by molar-refractivity contribution is -0.154. The van der Waals surface area contributed by atoms with E-state index >= 15 is 0 Å². The zero-order valence-electron chi connectivity index (χ0n) is 23.5. The van der Waals surface area contributed by atoms with E-state index in [-0.39, 0.29) is 12.5 Å². The molecule has 1 aliphatic heterocycles. The number of carbonyl (C=O) groups excluding carboxylic acids is 2. The second-order valence-electron chi connectivity index (χ2n) is 8.08. The van der Waals surface area contributed by atoms with Crippen LogP contribution in [0.25, 0.3) is 0 Å². The van der Waals surface area contributed by atoms with E-state index in [1.54, 1.807) is 24.0 Å². The third kappa shape index (κ3) is 13.7. The van der Waals surface area contributed by atoms with Crippen LogP contribution in [0.15, 0.2) is 18.2 Å². The first-order valence-corrected chi connectivity index (χ1v) is 12.7. The third-order valence-electron chi connectivity index (χ3n) is 5.06. The number of carbonyl (C=O) groups is 2. The van der Waals surface area contributed by atoms with Crippen molar-refractivity contribution in [3.8, 4) is 137 Å². The number of ether oxygens (including phenoxy) is 2. The number of esters is 1. The van der Waals surface area contributed by atoms with Gasteiger partial charge in [-0.25, -0.2) is 4.79 Å². The summed E-state index contributed by atoms with van der Waals surface area (Å²) in [6.45, 7) is 4.32. The van der Waals surface area contributed by atoms with Gasteiger partial charge in [0, 0.05) is 84.0 Å². The minimum atomic E-state index is -0.524. The Labute approximate surface area is 253 Å². The van der Waals surface area contributed by atoms with Crippen molar-refractivity contribution in [2.45, 2.75) is 45.8 Å². The van der Waals surface area contributed by atoms with Crippen molar-refractivity contribution in [2.24, 2.45) is 0 Å². The Kier molecular flexibility index (Phi) is 15.1. The van der Waals surface area contributed by atoms with Gasteiger partial charge in [-0.05, 0) is 90.4 Å². The molecule has 0 unspecified atom stereocenters. The molecule has 5 heteroatoms. The summed E-state index contributed by atoms with van der Waals surface area (Å²) in [5.74, 6) is 49.5. The lowest BCUT2D eigenvalue weighted by Crippen LogP contribution is -2.41. The highest BCUT2D eigenvalue weighted by molar-refractivity contribution is 5.85. The van der Waals surface area contributed by atoms with Gasteiger partial charge in [-0.3, -0.25) is 4.79 Å². The van der Waals surface area contributed by atoms with Gasteiger partial charge in [-0.15, -0.1) is 6.42 Å². The Balaban J connectivity index is 1.81. The molecule has 1 saturated heterocycles. The first-order chi connectivity index (χ1) is 21.0. The molecule has 202 valence electrons. The predicted molar refractivity (Wildman–Crippen MR) is 163 cm³/mol. The largest absolute Gasteiger partial charge is 0.459 e. The maximum Gasteiger partial charge on any atom is 0.329 e. The minimum absolute atomic E-state index is 0.0416. The van der Waals surface area contributed by atoms with E-state index in [9.17, 15) is 9.59 Å². The fourth-order valence-corrected chi connectivity index (χ4v) is 3.41. The smallest absolute Gasteiger partial charge is 0.329 e. The number of aryl methyl sites for hydroxylation is 1. The zero-order chi connectivity index (χ0) is 31.0. The summed E-state index contributed by atoms with van der Waals surface area (Å²) in [6.07, 6.45) is 9.20. The summed E-state index contributed by atoms with van der Waals surface area (Å²) in [5.41, 5.74) is 1.65. The van der Waals surface area contributed by atoms with E-state index in [2.05, 4.69) is 125 Å². The second-order valence-corrected chi connectivity index (χ2v) is 8.08. The maximum atomic E-state index is 12.6. The molecule has 0 N–H and O–H groups in total. The molecule has 0 aromatic heterocycles. The number of nitrogens with zero attached hydrogens (tertiary/aromatic N) is 1. The van der Waals surface area contributed by atoms with Crippen molar-refractivity contribution >= 4 is 11.9 Å². The number of benzene rings is 1. The molecular formula is C38H21NO4. The molecule has 2 rings (SSSR count). The molecule has 1 atom stereocenters. The molecule has 1 fully saturated rings. The molecule has 1 heterocycles. The van der Waals surface area contributed by atoms with Crippen LogP contribution in [0, 0.1) is 138 Å². The van der Waals surface area contributed by atoms with Crippen molar-refractivity contribution in [1.82, 2.24) is 4.90 Å². The molecule has 1 aliphatic rings. The zero-order valence-corrected chi connectivity index (χ0v) is 23.5. The number of hydrogen-bond acceptors (Lipinski definition) is 4. The van der Waals surface area contributed by atoms with Crippen molar-refractivity contribution in [2.75, 3.05) is 6.54 Å². The third-order valence-corrected chi connectivity index (χ3v) is 5.06.